The standard InChI is InChI=1S/C9H13NO2/c1-7-3-4-8(12-7)9(10-2)5-11-6-9/h3-4,10H,5-6H2,1-2H3. The second-order valence-corrected chi connectivity index (χ2v) is 3.24. The summed E-state index contributed by atoms with van der Waals surface area (Å²) in [5, 5.41) is 3.23. The van der Waals surface area contributed by atoms with Gasteiger partial charge in [-0.15, -0.1) is 0 Å². The number of aryl methyl sites for hydroxylation is 1. The zero-order valence-electron chi connectivity index (χ0n) is 7.39. The van der Waals surface area contributed by atoms with Gasteiger partial charge in [0.1, 0.15) is 17.1 Å². The van der Waals surface area contributed by atoms with Crippen LogP contribution in [0, 0.1) is 6.92 Å². The van der Waals surface area contributed by atoms with Crippen molar-refractivity contribution in [2.75, 3.05) is 20.3 Å². The van der Waals surface area contributed by atoms with Crippen molar-refractivity contribution in [1.29, 1.82) is 0 Å². The van der Waals surface area contributed by atoms with Crippen LogP contribution in [0.1, 0.15) is 11.5 Å². The molecule has 2 heterocycles. The Bertz CT molecular complexity index is 270. The van der Waals surface area contributed by atoms with Gasteiger partial charge >= 0.3 is 0 Å². The lowest BCUT2D eigenvalue weighted by Crippen LogP contribution is -2.55. The highest BCUT2D eigenvalue weighted by Crippen LogP contribution is 2.30. The van der Waals surface area contributed by atoms with Crippen LogP contribution in [0.3, 0.4) is 0 Å². The molecule has 0 bridgehead atoms. The molecule has 1 aromatic rings. The Kier molecular flexibility index (Phi) is 1.70. The van der Waals surface area contributed by atoms with E-state index in [1.807, 2.05) is 26.1 Å². The molecule has 0 spiro atoms. The van der Waals surface area contributed by atoms with E-state index in [0.29, 0.717) is 13.2 Å². The lowest BCUT2D eigenvalue weighted by molar-refractivity contribution is -0.0850. The molecule has 1 aliphatic rings. The molecule has 1 fully saturated rings. The molecular weight excluding hydrogens is 154 g/mol. The van der Waals surface area contributed by atoms with Crippen molar-refractivity contribution in [1.82, 2.24) is 5.32 Å². The van der Waals surface area contributed by atoms with Gasteiger partial charge in [0.05, 0.1) is 13.2 Å². The Morgan fingerprint density at radius 2 is 2.17 bits per heavy atom. The number of likely N-dealkylation sites (N-methyl/N-ethyl adjacent to an activating group) is 1. The van der Waals surface area contributed by atoms with Crippen LogP contribution < -0.4 is 5.32 Å². The first kappa shape index (κ1) is 7.83. The molecule has 1 N–H and O–H groups in total. The molecule has 1 aromatic heterocycles. The van der Waals surface area contributed by atoms with Crippen LogP contribution in [0.5, 0.6) is 0 Å². The molecule has 3 nitrogen and oxygen atoms in total. The van der Waals surface area contributed by atoms with Crippen molar-refractivity contribution >= 4 is 0 Å². The van der Waals surface area contributed by atoms with E-state index in [1.165, 1.54) is 0 Å². The van der Waals surface area contributed by atoms with E-state index >= 15 is 0 Å². The van der Waals surface area contributed by atoms with Crippen LogP contribution in [-0.4, -0.2) is 20.3 Å². The highest BCUT2D eigenvalue weighted by atomic mass is 16.5. The zero-order chi connectivity index (χ0) is 8.60. The Labute approximate surface area is 71.7 Å². The van der Waals surface area contributed by atoms with Crippen LogP contribution in [0.4, 0.5) is 0 Å². The van der Waals surface area contributed by atoms with Crippen LogP contribution in [-0.2, 0) is 10.3 Å². The number of furan rings is 1. The summed E-state index contributed by atoms with van der Waals surface area (Å²) in [6.45, 7) is 3.36. The fourth-order valence-corrected chi connectivity index (χ4v) is 1.41. The second-order valence-electron chi connectivity index (χ2n) is 3.24. The molecule has 0 aliphatic carbocycles. The van der Waals surface area contributed by atoms with Gasteiger partial charge < -0.3 is 14.5 Å². The summed E-state index contributed by atoms with van der Waals surface area (Å²) >= 11 is 0. The maximum Gasteiger partial charge on any atom is 0.128 e. The van der Waals surface area contributed by atoms with Gasteiger partial charge in [0.25, 0.3) is 0 Å². The van der Waals surface area contributed by atoms with E-state index in [9.17, 15) is 0 Å². The van der Waals surface area contributed by atoms with Crippen molar-refractivity contribution < 1.29 is 9.15 Å². The second kappa shape index (κ2) is 2.61. The Morgan fingerprint density at radius 1 is 1.42 bits per heavy atom. The number of nitrogens with one attached hydrogen (secondary N) is 1. The van der Waals surface area contributed by atoms with Gasteiger partial charge in [0.15, 0.2) is 0 Å². The van der Waals surface area contributed by atoms with Gasteiger partial charge in [-0.25, -0.2) is 0 Å². The maximum atomic E-state index is 5.54. The zero-order valence-corrected chi connectivity index (χ0v) is 7.39. The van der Waals surface area contributed by atoms with Crippen molar-refractivity contribution in [2.45, 2.75) is 12.5 Å². The van der Waals surface area contributed by atoms with Gasteiger partial charge in [-0.05, 0) is 26.1 Å². The summed E-state index contributed by atoms with van der Waals surface area (Å²) in [6, 6.07) is 3.99. The Balaban J connectivity index is 2.27. The monoisotopic (exact) mass is 167 g/mol. The van der Waals surface area contributed by atoms with E-state index in [2.05, 4.69) is 5.32 Å². The summed E-state index contributed by atoms with van der Waals surface area (Å²) in [6.07, 6.45) is 0. The van der Waals surface area contributed by atoms with Crippen molar-refractivity contribution in [2.24, 2.45) is 0 Å². The molecule has 1 aliphatic heterocycles. The molecule has 1 saturated heterocycles. The third kappa shape index (κ3) is 0.974. The third-order valence-electron chi connectivity index (χ3n) is 2.39. The largest absolute Gasteiger partial charge is 0.464 e. The van der Waals surface area contributed by atoms with Crippen molar-refractivity contribution in [3.63, 3.8) is 0 Å². The van der Waals surface area contributed by atoms with Crippen LogP contribution in [0.25, 0.3) is 0 Å². The summed E-state index contributed by atoms with van der Waals surface area (Å²) in [7, 11) is 1.93. The van der Waals surface area contributed by atoms with Gasteiger partial charge in [-0.1, -0.05) is 0 Å². The average molecular weight is 167 g/mol. The molecule has 3 heteroatoms. The lowest BCUT2D eigenvalue weighted by Gasteiger charge is -2.39. The maximum absolute atomic E-state index is 5.54. The molecule has 0 saturated carbocycles. The minimum absolute atomic E-state index is 0.0613. The Morgan fingerprint density at radius 3 is 2.50 bits per heavy atom. The number of ether oxygens (including phenoxy) is 1. The molecule has 12 heavy (non-hydrogen) atoms. The average Bonchev–Trinajstić information content (AvgIpc) is 2.35. The van der Waals surface area contributed by atoms with E-state index in [-0.39, 0.29) is 5.54 Å². The highest BCUT2D eigenvalue weighted by molar-refractivity contribution is 5.18. The van der Waals surface area contributed by atoms with Crippen LogP contribution in [0.2, 0.25) is 0 Å². The fraction of sp³-hybridized carbons (Fsp3) is 0.556. The fourth-order valence-electron chi connectivity index (χ4n) is 1.41. The topological polar surface area (TPSA) is 34.4 Å². The van der Waals surface area contributed by atoms with E-state index < -0.39 is 0 Å². The summed E-state index contributed by atoms with van der Waals surface area (Å²) in [4.78, 5) is 0. The highest BCUT2D eigenvalue weighted by Gasteiger charge is 2.41. The molecule has 0 radical (unpaired) electrons. The first-order valence-electron chi connectivity index (χ1n) is 4.10. The normalized spacial score (nSPS) is 20.5. The lowest BCUT2D eigenvalue weighted by atomic mass is 9.95. The Hall–Kier alpha value is -0.800. The van der Waals surface area contributed by atoms with E-state index in [4.69, 9.17) is 9.15 Å². The van der Waals surface area contributed by atoms with E-state index in [1.54, 1.807) is 0 Å². The molecule has 66 valence electrons. The first-order chi connectivity index (χ1) is 5.77. The number of rotatable bonds is 2. The van der Waals surface area contributed by atoms with Crippen molar-refractivity contribution in [3.8, 4) is 0 Å². The summed E-state index contributed by atoms with van der Waals surface area (Å²) in [5.41, 5.74) is -0.0613. The molecular formula is C9H13NO2. The summed E-state index contributed by atoms with van der Waals surface area (Å²) < 4.78 is 10.7. The number of hydrogen-bond donors (Lipinski definition) is 1. The van der Waals surface area contributed by atoms with Crippen LogP contribution in [0.15, 0.2) is 16.5 Å². The quantitative estimate of drug-likeness (QED) is 0.714. The first-order valence-corrected chi connectivity index (χ1v) is 4.10. The van der Waals surface area contributed by atoms with Gasteiger partial charge in [0.2, 0.25) is 0 Å². The predicted molar refractivity (Wildman–Crippen MR) is 45.0 cm³/mol. The van der Waals surface area contributed by atoms with Gasteiger partial charge in [-0.3, -0.25) is 0 Å². The number of hydrogen-bond acceptors (Lipinski definition) is 3. The van der Waals surface area contributed by atoms with Crippen LogP contribution >= 0.6 is 0 Å². The van der Waals surface area contributed by atoms with E-state index in [0.717, 1.165) is 11.5 Å². The SMILES string of the molecule is CNC1(c2ccc(C)o2)COC1. The summed E-state index contributed by atoms with van der Waals surface area (Å²) in [5.74, 6) is 1.93. The van der Waals surface area contributed by atoms with Gasteiger partial charge in [-0.2, -0.15) is 0 Å². The molecule has 0 amide bonds. The third-order valence-corrected chi connectivity index (χ3v) is 2.39. The minimum atomic E-state index is -0.0613. The molecule has 0 atom stereocenters. The smallest absolute Gasteiger partial charge is 0.128 e. The predicted octanol–water partition coefficient (Wildman–Crippen LogP) is 1.03. The van der Waals surface area contributed by atoms with Gasteiger partial charge in [0, 0.05) is 0 Å². The molecule has 0 aromatic carbocycles. The van der Waals surface area contributed by atoms with Crippen molar-refractivity contribution in [3.05, 3.63) is 23.7 Å². The molecule has 0 unspecified atom stereocenters. The molecule has 2 rings (SSSR count). The minimum Gasteiger partial charge on any atom is -0.464 e.